The van der Waals surface area contributed by atoms with Crippen LogP contribution in [0.4, 0.5) is 4.39 Å². The summed E-state index contributed by atoms with van der Waals surface area (Å²) >= 11 is 0. The summed E-state index contributed by atoms with van der Waals surface area (Å²) in [5, 5.41) is 0. The van der Waals surface area contributed by atoms with E-state index in [9.17, 15) is 12.8 Å². The highest BCUT2D eigenvalue weighted by Gasteiger charge is 2.20. The molecule has 0 heterocycles. The maximum Gasteiger partial charge on any atom is 0.265 e. The molecular weight excluding hydrogens is 231 g/mol. The van der Waals surface area contributed by atoms with Crippen molar-refractivity contribution in [1.29, 1.82) is 0 Å². The van der Waals surface area contributed by atoms with Crippen LogP contribution in [0.15, 0.2) is 17.0 Å². The highest BCUT2D eigenvalue weighted by Crippen LogP contribution is 2.30. The molecule has 6 heteroatoms. The van der Waals surface area contributed by atoms with Crippen LogP contribution in [0.3, 0.4) is 0 Å². The van der Waals surface area contributed by atoms with Crippen molar-refractivity contribution in [3.63, 3.8) is 0 Å². The average molecular weight is 239 g/mol. The van der Waals surface area contributed by atoms with E-state index < -0.39 is 14.9 Å². The molecule has 0 radical (unpaired) electrons. The van der Waals surface area contributed by atoms with Crippen molar-refractivity contribution < 1.29 is 17.5 Å². The van der Waals surface area contributed by atoms with Crippen LogP contribution in [0.1, 0.15) is 5.56 Å². The average Bonchev–Trinajstić information content (AvgIpc) is 2.07. The number of aryl methyl sites for hydroxylation is 1. The van der Waals surface area contributed by atoms with Gasteiger partial charge in [-0.15, -0.1) is 0 Å². The summed E-state index contributed by atoms with van der Waals surface area (Å²) < 4.78 is 40.0. The lowest BCUT2D eigenvalue weighted by atomic mass is 10.2. The van der Waals surface area contributed by atoms with Gasteiger partial charge >= 0.3 is 0 Å². The molecule has 14 heavy (non-hydrogen) atoms. The van der Waals surface area contributed by atoms with Gasteiger partial charge in [0, 0.05) is 10.7 Å². The quantitative estimate of drug-likeness (QED) is 0.741. The summed E-state index contributed by atoms with van der Waals surface area (Å²) in [4.78, 5) is -0.357. The summed E-state index contributed by atoms with van der Waals surface area (Å²) in [6.45, 7) is 1.50. The molecule has 0 aliphatic rings. The minimum absolute atomic E-state index is 0.297. The van der Waals surface area contributed by atoms with Crippen molar-refractivity contribution in [2.75, 3.05) is 7.11 Å². The normalized spacial score (nSPS) is 11.4. The van der Waals surface area contributed by atoms with E-state index in [0.717, 1.165) is 0 Å². The van der Waals surface area contributed by atoms with Gasteiger partial charge in [0.15, 0.2) is 11.6 Å². The molecule has 0 N–H and O–H groups in total. The molecule has 78 valence electrons. The van der Waals surface area contributed by atoms with Gasteiger partial charge in [-0.1, -0.05) is 6.07 Å². The molecule has 0 saturated heterocycles. The van der Waals surface area contributed by atoms with Crippen LogP contribution in [-0.2, 0) is 9.05 Å². The maximum atomic E-state index is 13.3. The summed E-state index contributed by atoms with van der Waals surface area (Å²) in [5.41, 5.74) is 0.297. The molecule has 0 saturated carbocycles. The second-order valence-corrected chi connectivity index (χ2v) is 5.20. The summed E-state index contributed by atoms with van der Waals surface area (Å²) in [5.74, 6) is -1.06. The molecule has 1 rings (SSSR count). The Hall–Kier alpha value is -0.810. The van der Waals surface area contributed by atoms with Crippen molar-refractivity contribution in [3.05, 3.63) is 23.5 Å². The largest absolute Gasteiger partial charge is 0.492 e. The second kappa shape index (κ2) is 3.74. The molecule has 3 nitrogen and oxygen atoms in total. The van der Waals surface area contributed by atoms with Crippen molar-refractivity contribution in [2.45, 2.75) is 11.8 Å². The number of benzene rings is 1. The fourth-order valence-electron chi connectivity index (χ4n) is 1.02. The van der Waals surface area contributed by atoms with Gasteiger partial charge in [-0.2, -0.15) is 0 Å². The van der Waals surface area contributed by atoms with E-state index in [1.807, 2.05) is 0 Å². The minimum atomic E-state index is -3.98. The molecule has 1 aromatic carbocycles. The lowest BCUT2D eigenvalue weighted by molar-refractivity contribution is 0.373. The first-order valence-electron chi connectivity index (χ1n) is 3.65. The van der Waals surface area contributed by atoms with E-state index in [-0.39, 0.29) is 10.6 Å². The Morgan fingerprint density at radius 1 is 1.43 bits per heavy atom. The topological polar surface area (TPSA) is 43.4 Å². The molecule has 0 atom stereocenters. The first-order valence-corrected chi connectivity index (χ1v) is 5.96. The number of ether oxygens (including phenoxy) is 1. The Morgan fingerprint density at radius 2 is 2.00 bits per heavy atom. The van der Waals surface area contributed by atoms with Crippen molar-refractivity contribution >= 4 is 19.7 Å². The predicted octanol–water partition coefficient (Wildman–Crippen LogP) is 2.07. The smallest absolute Gasteiger partial charge is 0.265 e. The summed E-state index contributed by atoms with van der Waals surface area (Å²) in [6, 6.07) is 2.53. The zero-order valence-corrected chi connectivity index (χ0v) is 9.12. The molecule has 0 fully saturated rings. The van der Waals surface area contributed by atoms with Gasteiger partial charge in [0.25, 0.3) is 9.05 Å². The number of hydrogen-bond donors (Lipinski definition) is 0. The maximum absolute atomic E-state index is 13.3. The fraction of sp³-hybridized carbons (Fsp3) is 0.250. The third kappa shape index (κ3) is 1.99. The Labute approximate surface area is 85.9 Å². The van der Waals surface area contributed by atoms with E-state index in [0.29, 0.717) is 5.56 Å². The molecule has 0 amide bonds. The van der Waals surface area contributed by atoms with Crippen molar-refractivity contribution in [1.82, 2.24) is 0 Å². The monoisotopic (exact) mass is 238 g/mol. The van der Waals surface area contributed by atoms with Crippen LogP contribution in [0.25, 0.3) is 0 Å². The first kappa shape index (κ1) is 11.3. The van der Waals surface area contributed by atoms with E-state index in [1.165, 1.54) is 26.2 Å². The predicted molar refractivity (Wildman–Crippen MR) is 50.7 cm³/mol. The summed E-state index contributed by atoms with van der Waals surface area (Å²) in [6.07, 6.45) is 0. The van der Waals surface area contributed by atoms with Crippen molar-refractivity contribution in [2.24, 2.45) is 0 Å². The fourth-order valence-corrected chi connectivity index (χ4v) is 2.01. The van der Waals surface area contributed by atoms with Gasteiger partial charge in [0.05, 0.1) is 7.11 Å². The molecule has 0 unspecified atom stereocenters. The molecule has 0 spiro atoms. The van der Waals surface area contributed by atoms with Gasteiger partial charge in [-0.3, -0.25) is 0 Å². The van der Waals surface area contributed by atoms with Gasteiger partial charge in [-0.05, 0) is 18.6 Å². The molecule has 1 aromatic rings. The molecule has 0 aromatic heterocycles. The molecule has 0 aliphatic carbocycles. The van der Waals surface area contributed by atoms with Crippen LogP contribution in [0.5, 0.6) is 5.75 Å². The SMILES string of the molecule is COc1c(S(=O)(=O)Cl)ccc(C)c1F. The first-order chi connectivity index (χ1) is 6.38. The van der Waals surface area contributed by atoms with Gasteiger partial charge in [0.2, 0.25) is 0 Å². The molecule has 0 bridgehead atoms. The molecule has 0 aliphatic heterocycles. The van der Waals surface area contributed by atoms with E-state index in [1.54, 1.807) is 0 Å². The second-order valence-electron chi connectivity index (χ2n) is 2.67. The third-order valence-corrected chi connectivity index (χ3v) is 3.07. The standard InChI is InChI=1S/C8H8ClFO3S/c1-5-3-4-6(14(9,11)12)8(13-2)7(5)10/h3-4H,1-2H3. The van der Waals surface area contributed by atoms with Crippen LogP contribution < -0.4 is 4.74 Å². The van der Waals surface area contributed by atoms with Crippen LogP contribution in [-0.4, -0.2) is 15.5 Å². The highest BCUT2D eigenvalue weighted by molar-refractivity contribution is 8.13. The number of rotatable bonds is 2. The number of halogens is 2. The lowest BCUT2D eigenvalue weighted by Gasteiger charge is -2.07. The number of hydrogen-bond acceptors (Lipinski definition) is 3. The zero-order valence-electron chi connectivity index (χ0n) is 7.54. The highest BCUT2D eigenvalue weighted by atomic mass is 35.7. The van der Waals surface area contributed by atoms with E-state index in [2.05, 4.69) is 4.74 Å². The molecular formula is C8H8ClFO3S. The third-order valence-electron chi connectivity index (χ3n) is 1.72. The van der Waals surface area contributed by atoms with Gasteiger partial charge in [0.1, 0.15) is 4.90 Å². The van der Waals surface area contributed by atoms with Gasteiger partial charge in [-0.25, -0.2) is 12.8 Å². The lowest BCUT2D eigenvalue weighted by Crippen LogP contribution is -2.00. The van der Waals surface area contributed by atoms with Crippen LogP contribution >= 0.6 is 10.7 Å². The van der Waals surface area contributed by atoms with E-state index in [4.69, 9.17) is 10.7 Å². The van der Waals surface area contributed by atoms with Gasteiger partial charge < -0.3 is 4.74 Å². The van der Waals surface area contributed by atoms with Crippen LogP contribution in [0.2, 0.25) is 0 Å². The minimum Gasteiger partial charge on any atom is -0.492 e. The summed E-state index contributed by atoms with van der Waals surface area (Å²) in [7, 11) is 2.30. The number of methoxy groups -OCH3 is 1. The Morgan fingerprint density at radius 3 is 2.43 bits per heavy atom. The van der Waals surface area contributed by atoms with E-state index >= 15 is 0 Å². The Bertz CT molecular complexity index is 456. The van der Waals surface area contributed by atoms with Crippen LogP contribution in [0, 0.1) is 12.7 Å². The zero-order chi connectivity index (χ0) is 10.9. The Balaban J connectivity index is 3.55. The Kier molecular flexibility index (Phi) is 3.01. The van der Waals surface area contributed by atoms with Crippen molar-refractivity contribution in [3.8, 4) is 5.75 Å².